The van der Waals surface area contributed by atoms with E-state index in [0.717, 1.165) is 11.1 Å². The van der Waals surface area contributed by atoms with Crippen molar-refractivity contribution >= 4 is 17.5 Å². The molecule has 1 unspecified atom stereocenters. The van der Waals surface area contributed by atoms with Crippen molar-refractivity contribution in [3.8, 4) is 11.4 Å². The number of aliphatic hydroxyl groups is 1. The van der Waals surface area contributed by atoms with Crippen LogP contribution in [-0.2, 0) is 16.8 Å². The van der Waals surface area contributed by atoms with Crippen LogP contribution in [0.3, 0.4) is 0 Å². The Hall–Kier alpha value is -2.70. The lowest BCUT2D eigenvalue weighted by Gasteiger charge is -2.24. The van der Waals surface area contributed by atoms with Crippen LogP contribution in [0.4, 0.5) is 0 Å². The second-order valence-corrected chi connectivity index (χ2v) is 7.00. The second-order valence-electron chi connectivity index (χ2n) is 6.56. The number of rotatable bonds is 6. The van der Waals surface area contributed by atoms with Crippen LogP contribution in [0, 0.1) is 6.92 Å². The molecular weight excluding hydrogens is 366 g/mol. The number of aromatic nitrogens is 2. The van der Waals surface area contributed by atoms with E-state index in [1.165, 1.54) is 0 Å². The highest BCUT2D eigenvalue weighted by Gasteiger charge is 2.24. The standard InChI is InChI=1S/C20H20ClN3O3/c1-13-5-3-4-6-16(13)19-23-18(27-24-19)11-17(25)22-12-20(2,26)14-7-9-15(21)10-8-14/h3-10,26H,11-12H2,1-2H3,(H,22,25). The van der Waals surface area contributed by atoms with Gasteiger partial charge in [-0.25, -0.2) is 0 Å². The lowest BCUT2D eigenvalue weighted by atomic mass is 9.96. The van der Waals surface area contributed by atoms with E-state index in [2.05, 4.69) is 15.5 Å². The summed E-state index contributed by atoms with van der Waals surface area (Å²) in [6.07, 6.45) is -0.0599. The number of hydrogen-bond acceptors (Lipinski definition) is 5. The predicted molar refractivity (Wildman–Crippen MR) is 102 cm³/mol. The zero-order chi connectivity index (χ0) is 19.4. The maximum Gasteiger partial charge on any atom is 0.236 e. The van der Waals surface area contributed by atoms with E-state index < -0.39 is 5.60 Å². The summed E-state index contributed by atoms with van der Waals surface area (Å²) in [5.41, 5.74) is 1.32. The predicted octanol–water partition coefficient (Wildman–Crippen LogP) is 3.26. The molecule has 1 heterocycles. The zero-order valence-corrected chi connectivity index (χ0v) is 15.8. The van der Waals surface area contributed by atoms with Gasteiger partial charge in [-0.2, -0.15) is 4.98 Å². The Labute approximate surface area is 162 Å². The fourth-order valence-corrected chi connectivity index (χ4v) is 2.77. The van der Waals surface area contributed by atoms with Gasteiger partial charge in [0.15, 0.2) is 0 Å². The molecule has 7 heteroatoms. The van der Waals surface area contributed by atoms with E-state index in [0.29, 0.717) is 16.4 Å². The average Bonchev–Trinajstić information content (AvgIpc) is 3.09. The van der Waals surface area contributed by atoms with E-state index in [-0.39, 0.29) is 24.8 Å². The number of nitrogens with one attached hydrogen (secondary N) is 1. The molecule has 0 fully saturated rings. The molecule has 0 saturated carbocycles. The quantitative estimate of drug-likeness (QED) is 0.679. The molecule has 6 nitrogen and oxygen atoms in total. The highest BCUT2D eigenvalue weighted by molar-refractivity contribution is 6.30. The molecule has 1 aromatic heterocycles. The van der Waals surface area contributed by atoms with Gasteiger partial charge >= 0.3 is 0 Å². The van der Waals surface area contributed by atoms with Crippen molar-refractivity contribution in [3.05, 3.63) is 70.6 Å². The number of halogens is 1. The molecule has 2 N–H and O–H groups in total. The van der Waals surface area contributed by atoms with Gasteiger partial charge in [-0.05, 0) is 37.1 Å². The summed E-state index contributed by atoms with van der Waals surface area (Å²) in [4.78, 5) is 16.5. The largest absolute Gasteiger partial charge is 0.384 e. The molecule has 3 aromatic rings. The molecule has 3 rings (SSSR count). The minimum atomic E-state index is -1.22. The van der Waals surface area contributed by atoms with E-state index >= 15 is 0 Å². The van der Waals surface area contributed by atoms with Gasteiger partial charge < -0.3 is 14.9 Å². The Kier molecular flexibility index (Phi) is 5.58. The Balaban J connectivity index is 1.60. The summed E-state index contributed by atoms with van der Waals surface area (Å²) < 4.78 is 5.18. The molecule has 1 amide bonds. The molecular formula is C20H20ClN3O3. The van der Waals surface area contributed by atoms with Crippen LogP contribution in [0.25, 0.3) is 11.4 Å². The normalized spacial score (nSPS) is 13.2. The average molecular weight is 386 g/mol. The summed E-state index contributed by atoms with van der Waals surface area (Å²) in [6, 6.07) is 14.5. The Bertz CT molecular complexity index is 936. The summed E-state index contributed by atoms with van der Waals surface area (Å²) in [7, 11) is 0. The van der Waals surface area contributed by atoms with Gasteiger partial charge in [0.05, 0.1) is 6.54 Å². The van der Waals surface area contributed by atoms with Crippen LogP contribution >= 0.6 is 11.6 Å². The minimum Gasteiger partial charge on any atom is -0.384 e. The van der Waals surface area contributed by atoms with Gasteiger partial charge in [0.25, 0.3) is 0 Å². The van der Waals surface area contributed by atoms with E-state index in [4.69, 9.17) is 16.1 Å². The maximum absolute atomic E-state index is 12.2. The first-order valence-electron chi connectivity index (χ1n) is 8.49. The van der Waals surface area contributed by atoms with Crippen LogP contribution < -0.4 is 5.32 Å². The summed E-state index contributed by atoms with van der Waals surface area (Å²) in [6.45, 7) is 3.63. The van der Waals surface area contributed by atoms with E-state index in [1.54, 1.807) is 31.2 Å². The molecule has 0 bridgehead atoms. The summed E-state index contributed by atoms with van der Waals surface area (Å²) in [5, 5.41) is 17.8. The smallest absolute Gasteiger partial charge is 0.236 e. The maximum atomic E-state index is 12.2. The van der Waals surface area contributed by atoms with Crippen molar-refractivity contribution in [1.82, 2.24) is 15.5 Å². The third kappa shape index (κ3) is 4.72. The van der Waals surface area contributed by atoms with Gasteiger partial charge in [-0.3, -0.25) is 4.79 Å². The van der Waals surface area contributed by atoms with Crippen molar-refractivity contribution in [2.45, 2.75) is 25.9 Å². The molecule has 0 aliphatic heterocycles. The number of carbonyl (C=O) groups is 1. The number of benzene rings is 2. The first-order valence-corrected chi connectivity index (χ1v) is 8.87. The fourth-order valence-electron chi connectivity index (χ4n) is 2.64. The zero-order valence-electron chi connectivity index (χ0n) is 15.1. The molecule has 0 aliphatic carbocycles. The Morgan fingerprint density at radius 2 is 1.93 bits per heavy atom. The van der Waals surface area contributed by atoms with Crippen molar-refractivity contribution < 1.29 is 14.4 Å². The monoisotopic (exact) mass is 385 g/mol. The number of carbonyl (C=O) groups excluding carboxylic acids is 1. The van der Waals surface area contributed by atoms with Gasteiger partial charge in [0.2, 0.25) is 17.6 Å². The molecule has 0 radical (unpaired) electrons. The van der Waals surface area contributed by atoms with Crippen LogP contribution in [0.1, 0.15) is 23.9 Å². The van der Waals surface area contributed by atoms with Crippen LogP contribution in [0.5, 0.6) is 0 Å². The number of hydrogen-bond donors (Lipinski definition) is 2. The number of amides is 1. The van der Waals surface area contributed by atoms with Gasteiger partial charge in [-0.15, -0.1) is 0 Å². The number of aryl methyl sites for hydroxylation is 1. The molecule has 2 aromatic carbocycles. The SMILES string of the molecule is Cc1ccccc1-c1noc(CC(=O)NCC(C)(O)c2ccc(Cl)cc2)n1. The van der Waals surface area contributed by atoms with Crippen LogP contribution in [0.2, 0.25) is 5.02 Å². The first kappa shape index (κ1) is 19.1. The van der Waals surface area contributed by atoms with Crippen LogP contribution in [0.15, 0.2) is 53.1 Å². The summed E-state index contributed by atoms with van der Waals surface area (Å²) in [5.74, 6) is 0.352. The Morgan fingerprint density at radius 3 is 2.63 bits per heavy atom. The highest BCUT2D eigenvalue weighted by atomic mass is 35.5. The number of nitrogens with zero attached hydrogens (tertiary/aromatic N) is 2. The van der Waals surface area contributed by atoms with Crippen molar-refractivity contribution in [3.63, 3.8) is 0 Å². The van der Waals surface area contributed by atoms with Gasteiger partial charge in [0, 0.05) is 10.6 Å². The third-order valence-corrected chi connectivity index (χ3v) is 4.51. The molecule has 0 saturated heterocycles. The lowest BCUT2D eigenvalue weighted by Crippen LogP contribution is -2.39. The van der Waals surface area contributed by atoms with Crippen molar-refractivity contribution in [1.29, 1.82) is 0 Å². The van der Waals surface area contributed by atoms with Gasteiger partial charge in [-0.1, -0.05) is 53.2 Å². The summed E-state index contributed by atoms with van der Waals surface area (Å²) >= 11 is 5.86. The van der Waals surface area contributed by atoms with E-state index in [1.807, 2.05) is 31.2 Å². The fraction of sp³-hybridized carbons (Fsp3) is 0.250. The van der Waals surface area contributed by atoms with Crippen LogP contribution in [-0.4, -0.2) is 27.7 Å². The highest BCUT2D eigenvalue weighted by Crippen LogP contribution is 2.22. The van der Waals surface area contributed by atoms with E-state index in [9.17, 15) is 9.90 Å². The topological polar surface area (TPSA) is 88.2 Å². The van der Waals surface area contributed by atoms with Crippen molar-refractivity contribution in [2.24, 2.45) is 0 Å². The molecule has 0 spiro atoms. The first-order chi connectivity index (χ1) is 12.8. The second kappa shape index (κ2) is 7.90. The minimum absolute atomic E-state index is 0.0479. The molecule has 1 atom stereocenters. The molecule has 140 valence electrons. The van der Waals surface area contributed by atoms with Crippen molar-refractivity contribution in [2.75, 3.05) is 6.54 Å². The Morgan fingerprint density at radius 1 is 1.22 bits per heavy atom. The lowest BCUT2D eigenvalue weighted by molar-refractivity contribution is -0.122. The third-order valence-electron chi connectivity index (χ3n) is 4.26. The van der Waals surface area contributed by atoms with Gasteiger partial charge in [0.1, 0.15) is 12.0 Å². The molecule has 0 aliphatic rings. The molecule has 27 heavy (non-hydrogen) atoms.